The first-order chi connectivity index (χ1) is 24.3. The van der Waals surface area contributed by atoms with Crippen LogP contribution in [-0.4, -0.2) is 0 Å². The van der Waals surface area contributed by atoms with Gasteiger partial charge < -0.3 is 4.90 Å². The Morgan fingerprint density at radius 2 is 0.980 bits per heavy atom. The molecule has 8 aromatic carbocycles. The number of thiophene rings is 2. The molecule has 0 aliphatic heterocycles. The molecule has 0 saturated heterocycles. The SMILES string of the molecule is c1ccc(-c2ccc(N(c3cccc(-c4cccc5sc6ccccc6c45)c3)c3cc4ccccc4c4sc5ccccc5c34)cc2)cc1. The van der Waals surface area contributed by atoms with Crippen molar-refractivity contribution in [1.82, 2.24) is 0 Å². The van der Waals surface area contributed by atoms with Gasteiger partial charge in [-0.25, -0.2) is 0 Å². The first kappa shape index (κ1) is 28.3. The Morgan fingerprint density at radius 3 is 1.80 bits per heavy atom. The van der Waals surface area contributed by atoms with E-state index in [1.807, 2.05) is 22.7 Å². The molecule has 0 aliphatic rings. The number of nitrogens with zero attached hydrogens (tertiary/aromatic N) is 1. The molecule has 0 unspecified atom stereocenters. The van der Waals surface area contributed by atoms with E-state index in [1.165, 1.54) is 79.1 Å². The maximum atomic E-state index is 2.47. The van der Waals surface area contributed by atoms with Crippen molar-refractivity contribution in [2.75, 3.05) is 4.90 Å². The van der Waals surface area contributed by atoms with Crippen molar-refractivity contribution in [2.24, 2.45) is 0 Å². The van der Waals surface area contributed by atoms with Gasteiger partial charge in [0.05, 0.1) is 5.69 Å². The van der Waals surface area contributed by atoms with Crippen molar-refractivity contribution in [3.63, 3.8) is 0 Å². The molecule has 49 heavy (non-hydrogen) atoms. The lowest BCUT2D eigenvalue weighted by atomic mass is 9.98. The Balaban J connectivity index is 1.24. The lowest BCUT2D eigenvalue weighted by molar-refractivity contribution is 1.30. The molecule has 0 radical (unpaired) electrons. The number of fused-ring (bicyclic) bond motifs is 8. The van der Waals surface area contributed by atoms with Crippen molar-refractivity contribution in [3.05, 3.63) is 176 Å². The summed E-state index contributed by atoms with van der Waals surface area (Å²) in [5.41, 5.74) is 8.35. The fraction of sp³-hybridized carbons (Fsp3) is 0. The monoisotopic (exact) mass is 659 g/mol. The van der Waals surface area contributed by atoms with E-state index in [0.717, 1.165) is 11.4 Å². The minimum atomic E-state index is 1.13. The summed E-state index contributed by atoms with van der Waals surface area (Å²) in [6.07, 6.45) is 0. The van der Waals surface area contributed by atoms with Crippen LogP contribution in [0, 0.1) is 0 Å². The van der Waals surface area contributed by atoms with Crippen LogP contribution in [0.1, 0.15) is 0 Å². The lowest BCUT2D eigenvalue weighted by Crippen LogP contribution is -2.10. The van der Waals surface area contributed by atoms with Gasteiger partial charge in [0.2, 0.25) is 0 Å². The fourth-order valence-corrected chi connectivity index (χ4v) is 9.79. The first-order valence-corrected chi connectivity index (χ1v) is 18.2. The Bertz CT molecular complexity index is 2830. The van der Waals surface area contributed by atoms with E-state index < -0.39 is 0 Å². The van der Waals surface area contributed by atoms with Crippen LogP contribution in [0.25, 0.3) is 73.4 Å². The molecule has 1 nitrogen and oxygen atoms in total. The molecule has 0 bridgehead atoms. The van der Waals surface area contributed by atoms with Crippen LogP contribution in [0.2, 0.25) is 0 Å². The normalized spacial score (nSPS) is 11.7. The van der Waals surface area contributed by atoms with Gasteiger partial charge in [-0.05, 0) is 81.6 Å². The van der Waals surface area contributed by atoms with Gasteiger partial charge in [0.15, 0.2) is 0 Å². The Morgan fingerprint density at radius 1 is 0.367 bits per heavy atom. The van der Waals surface area contributed by atoms with E-state index in [4.69, 9.17) is 0 Å². The molecule has 2 aromatic heterocycles. The smallest absolute Gasteiger partial charge is 0.0561 e. The van der Waals surface area contributed by atoms with Crippen molar-refractivity contribution in [2.45, 2.75) is 0 Å². The van der Waals surface area contributed by atoms with E-state index in [9.17, 15) is 0 Å². The quantitative estimate of drug-likeness (QED) is 0.178. The third-order valence-corrected chi connectivity index (χ3v) is 12.0. The maximum Gasteiger partial charge on any atom is 0.0561 e. The highest BCUT2D eigenvalue weighted by Gasteiger charge is 2.21. The largest absolute Gasteiger partial charge is 0.310 e. The summed E-state index contributed by atoms with van der Waals surface area (Å²) < 4.78 is 5.27. The second kappa shape index (κ2) is 11.5. The van der Waals surface area contributed by atoms with Crippen LogP contribution in [-0.2, 0) is 0 Å². The Kier molecular flexibility index (Phi) is 6.61. The molecule has 0 N–H and O–H groups in total. The molecule has 3 heteroatoms. The summed E-state index contributed by atoms with van der Waals surface area (Å²) >= 11 is 3.76. The van der Waals surface area contributed by atoms with Gasteiger partial charge in [-0.2, -0.15) is 0 Å². The summed E-state index contributed by atoms with van der Waals surface area (Å²) in [6, 6.07) is 64.4. The zero-order chi connectivity index (χ0) is 32.3. The van der Waals surface area contributed by atoms with Gasteiger partial charge in [-0.15, -0.1) is 22.7 Å². The Hall–Kier alpha value is -5.74. The predicted octanol–water partition coefficient (Wildman–Crippen LogP) is 14.4. The van der Waals surface area contributed by atoms with Gasteiger partial charge in [-0.3, -0.25) is 0 Å². The Labute approximate surface area is 292 Å². The molecule has 0 atom stereocenters. The molecular formula is C46H29NS2. The molecule has 2 heterocycles. The third-order valence-electron chi connectivity index (χ3n) is 9.64. The zero-order valence-electron chi connectivity index (χ0n) is 26.5. The highest BCUT2D eigenvalue weighted by molar-refractivity contribution is 7.27. The van der Waals surface area contributed by atoms with Crippen molar-refractivity contribution < 1.29 is 0 Å². The second-order valence-corrected chi connectivity index (χ2v) is 14.6. The zero-order valence-corrected chi connectivity index (χ0v) is 28.1. The van der Waals surface area contributed by atoms with Crippen LogP contribution in [0.5, 0.6) is 0 Å². The number of benzene rings is 8. The number of anilines is 3. The van der Waals surface area contributed by atoms with Crippen molar-refractivity contribution in [3.8, 4) is 22.3 Å². The predicted molar refractivity (Wildman–Crippen MR) is 215 cm³/mol. The fourth-order valence-electron chi connectivity index (χ4n) is 7.40. The molecule has 10 aromatic rings. The van der Waals surface area contributed by atoms with Crippen LogP contribution < -0.4 is 4.90 Å². The van der Waals surface area contributed by atoms with Crippen molar-refractivity contribution in [1.29, 1.82) is 0 Å². The van der Waals surface area contributed by atoms with Crippen molar-refractivity contribution >= 4 is 90.9 Å². The number of hydrogen-bond donors (Lipinski definition) is 0. The van der Waals surface area contributed by atoms with Crippen LogP contribution in [0.15, 0.2) is 176 Å². The molecule has 0 aliphatic carbocycles. The van der Waals surface area contributed by atoms with E-state index in [0.29, 0.717) is 0 Å². The number of rotatable bonds is 5. The molecule has 0 saturated carbocycles. The molecule has 0 spiro atoms. The minimum absolute atomic E-state index is 1.13. The third kappa shape index (κ3) is 4.66. The lowest BCUT2D eigenvalue weighted by Gasteiger charge is -2.28. The van der Waals surface area contributed by atoms with Gasteiger partial charge >= 0.3 is 0 Å². The summed E-state index contributed by atoms with van der Waals surface area (Å²) in [4.78, 5) is 2.47. The highest BCUT2D eigenvalue weighted by atomic mass is 32.1. The van der Waals surface area contributed by atoms with Crippen LogP contribution in [0.3, 0.4) is 0 Å². The van der Waals surface area contributed by atoms with E-state index in [-0.39, 0.29) is 0 Å². The maximum absolute atomic E-state index is 2.47. The molecule has 230 valence electrons. The molecule has 0 fully saturated rings. The topological polar surface area (TPSA) is 3.24 Å². The van der Waals surface area contributed by atoms with Crippen LogP contribution >= 0.6 is 22.7 Å². The van der Waals surface area contributed by atoms with E-state index in [2.05, 4.69) is 181 Å². The first-order valence-electron chi connectivity index (χ1n) is 16.6. The molecular weight excluding hydrogens is 631 g/mol. The average Bonchev–Trinajstić information content (AvgIpc) is 3.75. The second-order valence-electron chi connectivity index (χ2n) is 12.5. The summed E-state index contributed by atoms with van der Waals surface area (Å²) in [6.45, 7) is 0. The highest BCUT2D eigenvalue weighted by Crippen LogP contribution is 2.49. The summed E-state index contributed by atoms with van der Waals surface area (Å²) in [5, 5.41) is 7.77. The van der Waals surface area contributed by atoms with Gasteiger partial charge in [-0.1, -0.05) is 127 Å². The molecule has 0 amide bonds. The van der Waals surface area contributed by atoms with E-state index in [1.54, 1.807) is 0 Å². The standard InChI is InChI=1S/C46H29NS2/c1-2-12-30(13-3-1)31-24-26-34(27-25-31)47(40-29-33-14-4-5-17-37(33)46-45(40)39-19-7-9-22-42(39)49-46)35-16-10-15-32(28-35)36-20-11-23-43-44(36)38-18-6-8-21-41(38)48-43/h1-29H. The summed E-state index contributed by atoms with van der Waals surface area (Å²) in [7, 11) is 0. The van der Waals surface area contributed by atoms with Gasteiger partial charge in [0.1, 0.15) is 0 Å². The number of hydrogen-bond acceptors (Lipinski definition) is 3. The average molecular weight is 660 g/mol. The van der Waals surface area contributed by atoms with Gasteiger partial charge in [0.25, 0.3) is 0 Å². The van der Waals surface area contributed by atoms with E-state index >= 15 is 0 Å². The summed E-state index contributed by atoms with van der Waals surface area (Å²) in [5.74, 6) is 0. The minimum Gasteiger partial charge on any atom is -0.310 e. The van der Waals surface area contributed by atoms with Gasteiger partial charge in [0, 0.05) is 51.7 Å². The molecule has 10 rings (SSSR count). The van der Waals surface area contributed by atoms with Crippen LogP contribution in [0.4, 0.5) is 17.1 Å².